The van der Waals surface area contributed by atoms with E-state index < -0.39 is 18.2 Å². The molecule has 2 aliphatic carbocycles. The molecule has 0 saturated heterocycles. The summed E-state index contributed by atoms with van der Waals surface area (Å²) in [7, 11) is 0. The Morgan fingerprint density at radius 2 is 1.67 bits per heavy atom. The van der Waals surface area contributed by atoms with Gasteiger partial charge in [-0.05, 0) is 62.0 Å². The van der Waals surface area contributed by atoms with Gasteiger partial charge in [0.15, 0.2) is 0 Å². The molecule has 2 fully saturated rings. The molecule has 0 spiro atoms. The normalized spacial score (nSPS) is 24.2. The Bertz CT molecular complexity index is 692. The van der Waals surface area contributed by atoms with Crippen molar-refractivity contribution in [1.29, 1.82) is 0 Å². The SMILES string of the molecule is CC(OC(=O)CC1CCCCC1)OC(=O)[C@@H](C)c1ccc(C[C@H]2CCC[C@@H]2O)cc1. The second kappa shape index (κ2) is 10.9. The molecule has 0 bridgehead atoms. The third-order valence-electron chi connectivity index (χ3n) is 6.71. The quantitative estimate of drug-likeness (QED) is 0.482. The average molecular weight is 417 g/mol. The van der Waals surface area contributed by atoms with Gasteiger partial charge in [0.25, 0.3) is 0 Å². The second-order valence-electron chi connectivity index (χ2n) is 9.13. The monoisotopic (exact) mass is 416 g/mol. The van der Waals surface area contributed by atoms with Crippen molar-refractivity contribution < 1.29 is 24.2 Å². The largest absolute Gasteiger partial charge is 0.425 e. The molecule has 0 heterocycles. The maximum Gasteiger partial charge on any atom is 0.316 e. The van der Waals surface area contributed by atoms with Gasteiger partial charge < -0.3 is 14.6 Å². The number of carbonyl (C=O) groups is 2. The fraction of sp³-hybridized carbons (Fsp3) is 0.680. The zero-order valence-electron chi connectivity index (χ0n) is 18.3. The molecule has 30 heavy (non-hydrogen) atoms. The topological polar surface area (TPSA) is 72.8 Å². The first-order valence-electron chi connectivity index (χ1n) is 11.6. The van der Waals surface area contributed by atoms with Crippen molar-refractivity contribution >= 4 is 11.9 Å². The highest BCUT2D eigenvalue weighted by atomic mass is 16.7. The van der Waals surface area contributed by atoms with Gasteiger partial charge in [-0.3, -0.25) is 9.59 Å². The first kappa shape index (κ1) is 22.8. The van der Waals surface area contributed by atoms with Crippen LogP contribution in [-0.2, 0) is 25.5 Å². The molecule has 1 unspecified atom stereocenters. The van der Waals surface area contributed by atoms with Crippen molar-refractivity contribution in [3.8, 4) is 0 Å². The Labute approximate surface area is 180 Å². The number of carbonyl (C=O) groups excluding carboxylic acids is 2. The molecule has 5 nitrogen and oxygen atoms in total. The van der Waals surface area contributed by atoms with Crippen molar-refractivity contribution in [3.63, 3.8) is 0 Å². The molecule has 2 aliphatic rings. The van der Waals surface area contributed by atoms with Crippen LogP contribution in [0.2, 0.25) is 0 Å². The third kappa shape index (κ3) is 6.56. The molecule has 0 amide bonds. The predicted molar refractivity (Wildman–Crippen MR) is 115 cm³/mol. The van der Waals surface area contributed by atoms with E-state index in [-0.39, 0.29) is 12.1 Å². The van der Waals surface area contributed by atoms with Crippen LogP contribution in [-0.4, -0.2) is 29.4 Å². The highest BCUT2D eigenvalue weighted by Gasteiger charge is 2.26. The van der Waals surface area contributed by atoms with Crippen molar-refractivity contribution in [2.45, 2.75) is 96.4 Å². The maximum atomic E-state index is 12.5. The van der Waals surface area contributed by atoms with Gasteiger partial charge in [-0.2, -0.15) is 0 Å². The molecule has 0 aromatic heterocycles. The lowest BCUT2D eigenvalue weighted by molar-refractivity contribution is -0.186. The first-order chi connectivity index (χ1) is 14.4. The Hall–Kier alpha value is -1.88. The summed E-state index contributed by atoms with van der Waals surface area (Å²) in [5, 5.41) is 10.0. The lowest BCUT2D eigenvalue weighted by atomic mass is 9.87. The van der Waals surface area contributed by atoms with E-state index in [1.807, 2.05) is 24.3 Å². The van der Waals surface area contributed by atoms with Gasteiger partial charge in [0.1, 0.15) is 0 Å². The molecule has 0 radical (unpaired) electrons. The van der Waals surface area contributed by atoms with E-state index >= 15 is 0 Å². The summed E-state index contributed by atoms with van der Waals surface area (Å²) in [6.07, 6.45) is 9.05. The average Bonchev–Trinajstić information content (AvgIpc) is 3.13. The second-order valence-corrected chi connectivity index (χ2v) is 9.13. The van der Waals surface area contributed by atoms with Crippen LogP contribution in [0.15, 0.2) is 24.3 Å². The molecule has 1 N–H and O–H groups in total. The highest BCUT2D eigenvalue weighted by molar-refractivity contribution is 5.78. The van der Waals surface area contributed by atoms with Crippen LogP contribution >= 0.6 is 0 Å². The molecule has 1 aromatic carbocycles. The molecule has 5 heteroatoms. The van der Waals surface area contributed by atoms with Crippen LogP contribution in [0, 0.1) is 11.8 Å². The molecule has 1 aromatic rings. The van der Waals surface area contributed by atoms with Gasteiger partial charge in [0, 0.05) is 13.3 Å². The Morgan fingerprint density at radius 1 is 0.967 bits per heavy atom. The van der Waals surface area contributed by atoms with E-state index in [0.717, 1.165) is 44.1 Å². The van der Waals surface area contributed by atoms with Crippen LogP contribution in [0.3, 0.4) is 0 Å². The predicted octanol–water partition coefficient (Wildman–Crippen LogP) is 4.90. The van der Waals surface area contributed by atoms with Gasteiger partial charge in [-0.15, -0.1) is 0 Å². The van der Waals surface area contributed by atoms with Crippen LogP contribution in [0.25, 0.3) is 0 Å². The van der Waals surface area contributed by atoms with Crippen LogP contribution in [0.5, 0.6) is 0 Å². The first-order valence-corrected chi connectivity index (χ1v) is 11.6. The molecular formula is C25H36O5. The Balaban J connectivity index is 1.44. The lowest BCUT2D eigenvalue weighted by Crippen LogP contribution is -2.25. The van der Waals surface area contributed by atoms with Crippen LogP contribution in [0.4, 0.5) is 0 Å². The van der Waals surface area contributed by atoms with E-state index in [9.17, 15) is 14.7 Å². The van der Waals surface area contributed by atoms with Crippen molar-refractivity contribution in [1.82, 2.24) is 0 Å². The summed E-state index contributed by atoms with van der Waals surface area (Å²) < 4.78 is 10.7. The van der Waals surface area contributed by atoms with E-state index in [1.165, 1.54) is 24.8 Å². The van der Waals surface area contributed by atoms with Gasteiger partial charge >= 0.3 is 11.9 Å². The summed E-state index contributed by atoms with van der Waals surface area (Å²) in [5.74, 6) is -0.379. The van der Waals surface area contributed by atoms with Crippen LogP contribution < -0.4 is 0 Å². The van der Waals surface area contributed by atoms with E-state index in [2.05, 4.69) is 0 Å². The third-order valence-corrected chi connectivity index (χ3v) is 6.71. The number of aliphatic hydroxyl groups excluding tert-OH is 1. The zero-order chi connectivity index (χ0) is 21.5. The van der Waals surface area contributed by atoms with Gasteiger partial charge in [0.05, 0.1) is 12.0 Å². The smallest absolute Gasteiger partial charge is 0.316 e. The summed E-state index contributed by atoms with van der Waals surface area (Å²) in [6, 6.07) is 7.94. The van der Waals surface area contributed by atoms with Gasteiger partial charge in [-0.25, -0.2) is 0 Å². The van der Waals surface area contributed by atoms with Gasteiger partial charge in [-0.1, -0.05) is 49.9 Å². The number of rotatable bonds is 8. The number of aliphatic hydroxyl groups is 1. The van der Waals surface area contributed by atoms with Crippen molar-refractivity contribution in [2.24, 2.45) is 11.8 Å². The molecule has 4 atom stereocenters. The van der Waals surface area contributed by atoms with Crippen LogP contribution in [0.1, 0.15) is 88.7 Å². The lowest BCUT2D eigenvalue weighted by Gasteiger charge is -2.22. The summed E-state index contributed by atoms with van der Waals surface area (Å²) in [5.41, 5.74) is 2.05. The minimum Gasteiger partial charge on any atom is -0.425 e. The molecule has 2 saturated carbocycles. The molecule has 166 valence electrons. The minimum absolute atomic E-state index is 0.194. The number of esters is 2. The van der Waals surface area contributed by atoms with Crippen molar-refractivity contribution in [3.05, 3.63) is 35.4 Å². The van der Waals surface area contributed by atoms with Crippen molar-refractivity contribution in [2.75, 3.05) is 0 Å². The number of hydrogen-bond donors (Lipinski definition) is 1. The number of benzene rings is 1. The van der Waals surface area contributed by atoms with Gasteiger partial charge in [0.2, 0.25) is 6.29 Å². The zero-order valence-corrected chi connectivity index (χ0v) is 18.3. The van der Waals surface area contributed by atoms with E-state index in [1.54, 1.807) is 13.8 Å². The highest BCUT2D eigenvalue weighted by Crippen LogP contribution is 2.29. The summed E-state index contributed by atoms with van der Waals surface area (Å²) >= 11 is 0. The molecular weight excluding hydrogens is 380 g/mol. The minimum atomic E-state index is -0.876. The fourth-order valence-corrected chi connectivity index (χ4v) is 4.79. The molecule has 3 rings (SSSR count). The standard InChI is InChI=1S/C25H36O5/c1-17(21-13-11-20(12-14-21)15-22-9-6-10-23(22)26)25(28)30-18(2)29-24(27)16-19-7-4-3-5-8-19/h11-14,17-19,22-23,26H,3-10,15-16H2,1-2H3/t17-,18?,22+,23-/m0/s1. The van der Waals surface area contributed by atoms with E-state index in [4.69, 9.17) is 9.47 Å². The van der Waals surface area contributed by atoms with E-state index in [0.29, 0.717) is 18.3 Å². The summed E-state index contributed by atoms with van der Waals surface area (Å²) in [6.45, 7) is 3.40. The molecule has 0 aliphatic heterocycles. The number of hydrogen-bond acceptors (Lipinski definition) is 5. The summed E-state index contributed by atoms with van der Waals surface area (Å²) in [4.78, 5) is 24.6. The fourth-order valence-electron chi connectivity index (χ4n) is 4.79. The number of ether oxygens (including phenoxy) is 2. The Morgan fingerprint density at radius 3 is 2.30 bits per heavy atom. The maximum absolute atomic E-state index is 12.5. The Kier molecular flexibility index (Phi) is 8.32.